The number of benzene rings is 3. The predicted molar refractivity (Wildman–Crippen MR) is 142 cm³/mol. The molecule has 3 N–H and O–H groups in total. The van der Waals surface area contributed by atoms with Crippen LogP contribution >= 0.6 is 0 Å². The smallest absolute Gasteiger partial charge is 0.250 e. The Balaban J connectivity index is 1.13. The molecule has 2 aliphatic rings. The molecule has 196 valence electrons. The lowest BCUT2D eigenvalue weighted by molar-refractivity contribution is -0.131. The number of halogens is 1. The Labute approximate surface area is 223 Å². The standard InChI is InChI=1S/C29H24FN5O4/c1-17-32-25(24-26(33-17)39-23-5-3-2-4-18(23)16-31-24)38-22-12-10-21(11-13-22)35-28(37)29(14-15-29)27(36)34-20-8-6-19(30)7-9-20/h2-13,31H,14-16H2,1H3,(H,34,36)(H,35,37). The first-order chi connectivity index (χ1) is 18.9. The van der Waals surface area contributed by atoms with Crippen molar-refractivity contribution in [3.8, 4) is 23.3 Å². The van der Waals surface area contributed by atoms with Crippen molar-refractivity contribution in [2.45, 2.75) is 26.3 Å². The van der Waals surface area contributed by atoms with Gasteiger partial charge >= 0.3 is 0 Å². The number of rotatable bonds is 6. The third kappa shape index (κ3) is 4.96. The fourth-order valence-electron chi connectivity index (χ4n) is 4.29. The highest BCUT2D eigenvalue weighted by molar-refractivity contribution is 6.16. The average Bonchev–Trinajstić information content (AvgIpc) is 3.75. The molecule has 1 aromatic heterocycles. The quantitative estimate of drug-likeness (QED) is 0.273. The van der Waals surface area contributed by atoms with Gasteiger partial charge in [-0.25, -0.2) is 4.39 Å². The number of hydrogen-bond donors (Lipinski definition) is 3. The molecular formula is C29H24FN5O4. The van der Waals surface area contributed by atoms with Gasteiger partial charge in [-0.2, -0.15) is 9.97 Å². The number of nitrogens with one attached hydrogen (secondary N) is 3. The van der Waals surface area contributed by atoms with Crippen LogP contribution in [0.3, 0.4) is 0 Å². The van der Waals surface area contributed by atoms with Crippen LogP contribution in [0.5, 0.6) is 23.3 Å². The second-order valence-electron chi connectivity index (χ2n) is 9.44. The fourth-order valence-corrected chi connectivity index (χ4v) is 4.29. The van der Waals surface area contributed by atoms with E-state index in [1.54, 1.807) is 31.2 Å². The summed E-state index contributed by atoms with van der Waals surface area (Å²) in [4.78, 5) is 34.6. The minimum atomic E-state index is -1.15. The Morgan fingerprint density at radius 2 is 1.56 bits per heavy atom. The SMILES string of the molecule is Cc1nc(Oc2ccc(NC(=O)C3(C(=O)Nc4ccc(F)cc4)CC3)cc2)c2c(n1)Oc1ccccc1CN2. The summed E-state index contributed by atoms with van der Waals surface area (Å²) in [6.45, 7) is 2.28. The van der Waals surface area contributed by atoms with Gasteiger partial charge in [-0.15, -0.1) is 0 Å². The van der Waals surface area contributed by atoms with Gasteiger partial charge in [-0.1, -0.05) is 18.2 Å². The van der Waals surface area contributed by atoms with E-state index in [0.717, 1.165) is 5.56 Å². The van der Waals surface area contributed by atoms with Crippen LogP contribution in [0.25, 0.3) is 0 Å². The molecule has 6 rings (SSSR count). The minimum Gasteiger partial charge on any atom is -0.437 e. The molecule has 0 bridgehead atoms. The Hall–Kier alpha value is -4.99. The molecule has 1 aliphatic heterocycles. The van der Waals surface area contributed by atoms with Crippen molar-refractivity contribution in [2.24, 2.45) is 5.41 Å². The Bertz CT molecular complexity index is 1570. The third-order valence-electron chi connectivity index (χ3n) is 6.64. The first-order valence-corrected chi connectivity index (χ1v) is 12.4. The lowest BCUT2D eigenvalue weighted by Gasteiger charge is -2.16. The van der Waals surface area contributed by atoms with Crippen molar-refractivity contribution in [1.82, 2.24) is 9.97 Å². The van der Waals surface area contributed by atoms with E-state index >= 15 is 0 Å². The van der Waals surface area contributed by atoms with Crippen molar-refractivity contribution in [1.29, 1.82) is 0 Å². The lowest BCUT2D eigenvalue weighted by atomic mass is 10.0. The van der Waals surface area contributed by atoms with Gasteiger partial charge in [0.15, 0.2) is 5.69 Å². The van der Waals surface area contributed by atoms with Crippen molar-refractivity contribution in [3.05, 3.63) is 90.0 Å². The largest absolute Gasteiger partial charge is 0.437 e. The summed E-state index contributed by atoms with van der Waals surface area (Å²) in [5, 5.41) is 8.82. The maximum absolute atomic E-state index is 13.2. The predicted octanol–water partition coefficient (Wildman–Crippen LogP) is 5.79. The number of aromatic nitrogens is 2. The molecule has 2 amide bonds. The molecule has 0 unspecified atom stereocenters. The highest BCUT2D eigenvalue weighted by atomic mass is 19.1. The van der Waals surface area contributed by atoms with Gasteiger partial charge in [0.1, 0.15) is 28.6 Å². The normalized spacial score (nSPS) is 14.4. The van der Waals surface area contributed by atoms with Gasteiger partial charge < -0.3 is 25.4 Å². The molecule has 4 aromatic rings. The van der Waals surface area contributed by atoms with Crippen molar-refractivity contribution >= 4 is 28.9 Å². The van der Waals surface area contributed by atoms with Crippen molar-refractivity contribution in [3.63, 3.8) is 0 Å². The molecule has 1 fully saturated rings. The van der Waals surface area contributed by atoms with E-state index in [9.17, 15) is 14.0 Å². The van der Waals surface area contributed by atoms with E-state index in [1.807, 2.05) is 24.3 Å². The van der Waals surface area contributed by atoms with Crippen LogP contribution in [0.1, 0.15) is 24.2 Å². The van der Waals surface area contributed by atoms with E-state index in [1.165, 1.54) is 24.3 Å². The molecule has 0 radical (unpaired) electrons. The van der Waals surface area contributed by atoms with Gasteiger partial charge in [-0.3, -0.25) is 9.59 Å². The zero-order valence-electron chi connectivity index (χ0n) is 21.0. The van der Waals surface area contributed by atoms with Crippen LogP contribution in [0.4, 0.5) is 21.5 Å². The molecule has 39 heavy (non-hydrogen) atoms. The third-order valence-corrected chi connectivity index (χ3v) is 6.64. The summed E-state index contributed by atoms with van der Waals surface area (Å²) < 4.78 is 25.3. The number of amides is 2. The van der Waals surface area contributed by atoms with E-state index in [4.69, 9.17) is 9.47 Å². The van der Waals surface area contributed by atoms with Crippen LogP contribution in [-0.2, 0) is 16.1 Å². The summed E-state index contributed by atoms with van der Waals surface area (Å²) in [6, 6.07) is 19.9. The second-order valence-corrected chi connectivity index (χ2v) is 9.44. The van der Waals surface area contributed by atoms with Gasteiger partial charge in [0.25, 0.3) is 0 Å². The number of fused-ring (bicyclic) bond motifs is 2. The van der Waals surface area contributed by atoms with Crippen LogP contribution in [0.2, 0.25) is 0 Å². The van der Waals surface area contributed by atoms with E-state index in [0.29, 0.717) is 65.5 Å². The number of ether oxygens (including phenoxy) is 2. The Kier molecular flexibility index (Phi) is 6.07. The molecule has 2 heterocycles. The van der Waals surface area contributed by atoms with Gasteiger partial charge in [0.2, 0.25) is 23.6 Å². The first-order valence-electron chi connectivity index (χ1n) is 12.4. The zero-order valence-corrected chi connectivity index (χ0v) is 21.0. The summed E-state index contributed by atoms with van der Waals surface area (Å²) in [5.74, 6) is 1.18. The Morgan fingerprint density at radius 1 is 0.923 bits per heavy atom. The maximum atomic E-state index is 13.2. The maximum Gasteiger partial charge on any atom is 0.250 e. The van der Waals surface area contributed by atoms with Gasteiger partial charge in [0, 0.05) is 23.5 Å². The number of nitrogens with zero attached hydrogens (tertiary/aromatic N) is 2. The molecule has 10 heteroatoms. The molecular weight excluding hydrogens is 501 g/mol. The molecule has 3 aromatic carbocycles. The van der Waals surface area contributed by atoms with Crippen molar-refractivity contribution < 1.29 is 23.5 Å². The monoisotopic (exact) mass is 525 g/mol. The fraction of sp³-hybridized carbons (Fsp3) is 0.172. The summed E-state index contributed by atoms with van der Waals surface area (Å²) in [6.07, 6.45) is 0.869. The summed E-state index contributed by atoms with van der Waals surface area (Å²) in [7, 11) is 0. The molecule has 1 aliphatic carbocycles. The number of carbonyl (C=O) groups is 2. The summed E-state index contributed by atoms with van der Waals surface area (Å²) in [5.41, 5.74) is 1.32. The highest BCUT2D eigenvalue weighted by Gasteiger charge is 2.56. The van der Waals surface area contributed by atoms with Gasteiger partial charge in [0.05, 0.1) is 0 Å². The number of aryl methyl sites for hydroxylation is 1. The van der Waals surface area contributed by atoms with Crippen LogP contribution in [0, 0.1) is 18.2 Å². The number of hydrogen-bond acceptors (Lipinski definition) is 7. The highest BCUT2D eigenvalue weighted by Crippen LogP contribution is 2.47. The summed E-state index contributed by atoms with van der Waals surface area (Å²) >= 11 is 0. The van der Waals surface area contributed by atoms with Crippen LogP contribution < -0.4 is 25.4 Å². The van der Waals surface area contributed by atoms with E-state index in [2.05, 4.69) is 25.9 Å². The topological polar surface area (TPSA) is 114 Å². The lowest BCUT2D eigenvalue weighted by Crippen LogP contribution is -2.35. The Morgan fingerprint density at radius 3 is 2.23 bits per heavy atom. The average molecular weight is 526 g/mol. The van der Waals surface area contributed by atoms with E-state index < -0.39 is 23.0 Å². The number of para-hydroxylation sites is 1. The van der Waals surface area contributed by atoms with Crippen molar-refractivity contribution in [2.75, 3.05) is 16.0 Å². The molecule has 1 saturated carbocycles. The minimum absolute atomic E-state index is 0.316. The molecule has 9 nitrogen and oxygen atoms in total. The van der Waals surface area contributed by atoms with Gasteiger partial charge in [-0.05, 0) is 74.4 Å². The van der Waals surface area contributed by atoms with E-state index in [-0.39, 0.29) is 0 Å². The number of carbonyl (C=O) groups excluding carboxylic acids is 2. The van der Waals surface area contributed by atoms with Crippen LogP contribution in [0.15, 0.2) is 72.8 Å². The zero-order chi connectivity index (χ0) is 27.0. The first kappa shape index (κ1) is 24.4. The molecule has 0 saturated heterocycles. The molecule has 0 spiro atoms. The molecule has 0 atom stereocenters. The number of anilines is 3. The second kappa shape index (κ2) is 9.71. The van der Waals surface area contributed by atoms with Crippen LogP contribution in [-0.4, -0.2) is 21.8 Å².